The molecule has 2 amide bonds. The molecule has 0 fully saturated rings. The molecule has 5 nitrogen and oxygen atoms in total. The molecular formula is C17H14N2O3. The molecule has 0 aliphatic heterocycles. The molecule has 2 rings (SSSR count). The Hall–Kier alpha value is -2.97. The summed E-state index contributed by atoms with van der Waals surface area (Å²) in [5.41, 5.74) is -1.33. The van der Waals surface area contributed by atoms with E-state index in [1.807, 2.05) is 0 Å². The Balaban J connectivity index is 2.45. The number of carbonyl (C=O) groups is 2. The monoisotopic (exact) mass is 294 g/mol. The van der Waals surface area contributed by atoms with Crippen molar-refractivity contribution >= 4 is 11.8 Å². The molecule has 0 aromatic heterocycles. The van der Waals surface area contributed by atoms with Gasteiger partial charge in [-0.15, -0.1) is 0 Å². The molecule has 0 atom stereocenters. The summed E-state index contributed by atoms with van der Waals surface area (Å²) in [6.45, 7) is 0. The van der Waals surface area contributed by atoms with Crippen LogP contribution in [-0.2, 0) is 15.2 Å². The van der Waals surface area contributed by atoms with Gasteiger partial charge in [-0.05, 0) is 11.1 Å². The average Bonchev–Trinajstić information content (AvgIpc) is 2.55. The Morgan fingerprint density at radius 3 is 1.86 bits per heavy atom. The SMILES string of the molecule is N#CCC(=O)NC(=O)C(O)(c1ccccc1)c1ccccc1. The van der Waals surface area contributed by atoms with Gasteiger partial charge in [0.1, 0.15) is 6.42 Å². The van der Waals surface area contributed by atoms with Gasteiger partial charge >= 0.3 is 0 Å². The van der Waals surface area contributed by atoms with E-state index in [1.54, 1.807) is 66.7 Å². The Labute approximate surface area is 127 Å². The van der Waals surface area contributed by atoms with Crippen molar-refractivity contribution in [1.82, 2.24) is 5.32 Å². The lowest BCUT2D eigenvalue weighted by Gasteiger charge is -2.27. The topological polar surface area (TPSA) is 90.2 Å². The van der Waals surface area contributed by atoms with Crippen LogP contribution in [0.15, 0.2) is 60.7 Å². The van der Waals surface area contributed by atoms with Crippen molar-refractivity contribution < 1.29 is 14.7 Å². The summed E-state index contributed by atoms with van der Waals surface area (Å²) in [6, 6.07) is 18.3. The molecule has 110 valence electrons. The predicted octanol–water partition coefficient (Wildman–Crippen LogP) is 1.48. The van der Waals surface area contributed by atoms with Gasteiger partial charge in [0.15, 0.2) is 5.60 Å². The van der Waals surface area contributed by atoms with Crippen LogP contribution in [0.1, 0.15) is 17.5 Å². The van der Waals surface area contributed by atoms with E-state index in [0.29, 0.717) is 11.1 Å². The number of hydrogen-bond acceptors (Lipinski definition) is 4. The number of rotatable bonds is 4. The zero-order chi connectivity index (χ0) is 16.0. The van der Waals surface area contributed by atoms with E-state index in [0.717, 1.165) is 0 Å². The van der Waals surface area contributed by atoms with Crippen LogP contribution in [-0.4, -0.2) is 16.9 Å². The van der Waals surface area contributed by atoms with Gasteiger partial charge in [0, 0.05) is 0 Å². The Morgan fingerprint density at radius 2 is 1.45 bits per heavy atom. The first-order valence-corrected chi connectivity index (χ1v) is 6.63. The fraction of sp³-hybridized carbons (Fsp3) is 0.118. The number of aliphatic hydroxyl groups is 1. The van der Waals surface area contributed by atoms with Crippen LogP contribution in [0.25, 0.3) is 0 Å². The average molecular weight is 294 g/mol. The molecule has 0 aliphatic rings. The summed E-state index contributed by atoms with van der Waals surface area (Å²) in [6.07, 6.45) is -0.453. The van der Waals surface area contributed by atoms with Crippen molar-refractivity contribution in [2.24, 2.45) is 0 Å². The van der Waals surface area contributed by atoms with Crippen molar-refractivity contribution in [1.29, 1.82) is 5.26 Å². The second-order valence-corrected chi connectivity index (χ2v) is 4.65. The predicted molar refractivity (Wildman–Crippen MR) is 79.3 cm³/mol. The second-order valence-electron chi connectivity index (χ2n) is 4.65. The van der Waals surface area contributed by atoms with E-state index in [2.05, 4.69) is 5.32 Å². The lowest BCUT2D eigenvalue weighted by atomic mass is 9.85. The molecule has 2 aromatic carbocycles. The van der Waals surface area contributed by atoms with Crippen LogP contribution in [0.5, 0.6) is 0 Å². The minimum atomic E-state index is -2.01. The number of benzene rings is 2. The quantitative estimate of drug-likeness (QED) is 0.893. The van der Waals surface area contributed by atoms with Crippen LogP contribution in [0.2, 0.25) is 0 Å². The minimum Gasteiger partial charge on any atom is -0.372 e. The van der Waals surface area contributed by atoms with Crippen molar-refractivity contribution in [3.05, 3.63) is 71.8 Å². The zero-order valence-corrected chi connectivity index (χ0v) is 11.7. The van der Waals surface area contributed by atoms with Gasteiger partial charge in [0.25, 0.3) is 5.91 Å². The van der Waals surface area contributed by atoms with Gasteiger partial charge in [-0.2, -0.15) is 5.26 Å². The molecule has 0 saturated carbocycles. The fourth-order valence-corrected chi connectivity index (χ4v) is 2.12. The first-order chi connectivity index (χ1) is 10.6. The van der Waals surface area contributed by atoms with E-state index in [1.165, 1.54) is 0 Å². The molecule has 2 aromatic rings. The highest BCUT2D eigenvalue weighted by Gasteiger charge is 2.40. The Bertz CT molecular complexity index is 666. The normalized spacial score (nSPS) is 10.5. The van der Waals surface area contributed by atoms with Crippen molar-refractivity contribution in [2.45, 2.75) is 12.0 Å². The third-order valence-electron chi connectivity index (χ3n) is 3.20. The minimum absolute atomic E-state index is 0.337. The van der Waals surface area contributed by atoms with Gasteiger partial charge < -0.3 is 5.11 Å². The Morgan fingerprint density at radius 1 is 1.00 bits per heavy atom. The van der Waals surface area contributed by atoms with E-state index in [9.17, 15) is 14.7 Å². The number of carbonyl (C=O) groups excluding carboxylic acids is 2. The molecule has 0 radical (unpaired) electrons. The summed E-state index contributed by atoms with van der Waals surface area (Å²) in [7, 11) is 0. The summed E-state index contributed by atoms with van der Waals surface area (Å²) in [5, 5.41) is 21.6. The maximum atomic E-state index is 12.5. The highest BCUT2D eigenvalue weighted by atomic mass is 16.3. The van der Waals surface area contributed by atoms with Gasteiger partial charge in [-0.25, -0.2) is 0 Å². The number of nitrogens with one attached hydrogen (secondary N) is 1. The largest absolute Gasteiger partial charge is 0.372 e. The maximum absolute atomic E-state index is 12.5. The van der Waals surface area contributed by atoms with Crippen molar-refractivity contribution in [2.75, 3.05) is 0 Å². The van der Waals surface area contributed by atoms with Gasteiger partial charge in [-0.3, -0.25) is 14.9 Å². The van der Waals surface area contributed by atoms with Crippen LogP contribution in [0.3, 0.4) is 0 Å². The number of nitriles is 1. The summed E-state index contributed by atoms with van der Waals surface area (Å²) < 4.78 is 0. The second kappa shape index (κ2) is 6.66. The molecule has 0 aliphatic carbocycles. The molecule has 0 unspecified atom stereocenters. The van der Waals surface area contributed by atoms with Crippen LogP contribution >= 0.6 is 0 Å². The van der Waals surface area contributed by atoms with Crippen LogP contribution < -0.4 is 5.32 Å². The van der Waals surface area contributed by atoms with Crippen molar-refractivity contribution in [3.8, 4) is 6.07 Å². The third kappa shape index (κ3) is 3.03. The molecular weight excluding hydrogens is 280 g/mol. The maximum Gasteiger partial charge on any atom is 0.267 e. The van der Waals surface area contributed by atoms with Gasteiger partial charge in [-0.1, -0.05) is 60.7 Å². The number of amides is 2. The number of hydrogen-bond donors (Lipinski definition) is 2. The first kappa shape index (κ1) is 15.4. The van der Waals surface area contributed by atoms with E-state index in [-0.39, 0.29) is 0 Å². The molecule has 0 saturated heterocycles. The highest BCUT2D eigenvalue weighted by Crippen LogP contribution is 2.29. The molecule has 0 spiro atoms. The molecule has 0 heterocycles. The lowest BCUT2D eigenvalue weighted by Crippen LogP contribution is -2.47. The lowest BCUT2D eigenvalue weighted by molar-refractivity contribution is -0.141. The van der Waals surface area contributed by atoms with Crippen LogP contribution in [0, 0.1) is 11.3 Å². The third-order valence-corrected chi connectivity index (χ3v) is 3.20. The zero-order valence-electron chi connectivity index (χ0n) is 11.7. The summed E-state index contributed by atoms with van der Waals surface area (Å²) in [5.74, 6) is -1.64. The standard InChI is InChI=1S/C17H14N2O3/c18-12-11-15(20)19-16(21)17(22,13-7-3-1-4-8-13)14-9-5-2-6-10-14/h1-10,22H,11H2,(H,19,20,21). The molecule has 22 heavy (non-hydrogen) atoms. The van der Waals surface area contributed by atoms with Gasteiger partial charge in [0.05, 0.1) is 6.07 Å². The highest BCUT2D eigenvalue weighted by molar-refractivity contribution is 6.02. The molecule has 2 N–H and O–H groups in total. The van der Waals surface area contributed by atoms with E-state index in [4.69, 9.17) is 5.26 Å². The molecule has 5 heteroatoms. The van der Waals surface area contributed by atoms with Crippen molar-refractivity contribution in [3.63, 3.8) is 0 Å². The summed E-state index contributed by atoms with van der Waals surface area (Å²) >= 11 is 0. The van der Waals surface area contributed by atoms with Gasteiger partial charge in [0.2, 0.25) is 5.91 Å². The smallest absolute Gasteiger partial charge is 0.267 e. The first-order valence-electron chi connectivity index (χ1n) is 6.63. The van der Waals surface area contributed by atoms with E-state index < -0.39 is 23.8 Å². The number of nitrogens with zero attached hydrogens (tertiary/aromatic N) is 1. The van der Waals surface area contributed by atoms with Crippen LogP contribution in [0.4, 0.5) is 0 Å². The summed E-state index contributed by atoms with van der Waals surface area (Å²) in [4.78, 5) is 24.0. The Kier molecular flexibility index (Phi) is 4.66. The van der Waals surface area contributed by atoms with E-state index >= 15 is 0 Å². The molecule has 0 bridgehead atoms. The number of imide groups is 1. The fourth-order valence-electron chi connectivity index (χ4n) is 2.12.